The molecule has 2 aliphatic carbocycles. The SMILES string of the molecule is Cc1cc(-c2ccc(OC(F)(F)F)cc2)ccc1N(c1ccc2c(c1)C(C)(C)c1ccccc1-2)c1cccc2c1-c1ccccc1C2(c1ccccc1)c1ccccc1. The maximum absolute atomic E-state index is 13.0. The Labute approximate surface area is 342 Å². The lowest BCUT2D eigenvalue weighted by Gasteiger charge is -2.35. The van der Waals surface area contributed by atoms with Crippen molar-refractivity contribution in [1.29, 1.82) is 0 Å². The van der Waals surface area contributed by atoms with Crippen LogP contribution in [0, 0.1) is 6.92 Å². The van der Waals surface area contributed by atoms with Gasteiger partial charge in [0.25, 0.3) is 0 Å². The number of ether oxygens (including phenoxy) is 1. The predicted molar refractivity (Wildman–Crippen MR) is 233 cm³/mol. The predicted octanol–water partition coefficient (Wildman–Crippen LogP) is 14.7. The summed E-state index contributed by atoms with van der Waals surface area (Å²) < 4.78 is 43.0. The molecule has 0 atom stereocenters. The molecule has 0 N–H and O–H groups in total. The molecule has 0 spiro atoms. The van der Waals surface area contributed by atoms with Crippen molar-refractivity contribution in [2.75, 3.05) is 4.90 Å². The van der Waals surface area contributed by atoms with Crippen LogP contribution in [0.2, 0.25) is 0 Å². The van der Waals surface area contributed by atoms with Gasteiger partial charge >= 0.3 is 6.36 Å². The summed E-state index contributed by atoms with van der Waals surface area (Å²) in [5.74, 6) is -0.247. The van der Waals surface area contributed by atoms with Crippen LogP contribution in [0.3, 0.4) is 0 Å². The van der Waals surface area contributed by atoms with E-state index >= 15 is 0 Å². The van der Waals surface area contributed by atoms with Gasteiger partial charge in [-0.1, -0.05) is 159 Å². The molecule has 0 saturated carbocycles. The molecule has 59 heavy (non-hydrogen) atoms. The van der Waals surface area contributed by atoms with Gasteiger partial charge in [-0.3, -0.25) is 0 Å². The van der Waals surface area contributed by atoms with Crippen LogP contribution in [0.1, 0.15) is 52.8 Å². The van der Waals surface area contributed by atoms with Crippen LogP contribution in [0.4, 0.5) is 30.2 Å². The van der Waals surface area contributed by atoms with Gasteiger partial charge in [0.2, 0.25) is 0 Å². The zero-order chi connectivity index (χ0) is 40.5. The highest BCUT2D eigenvalue weighted by atomic mass is 19.4. The number of halogens is 3. The summed E-state index contributed by atoms with van der Waals surface area (Å²) in [7, 11) is 0. The van der Waals surface area contributed by atoms with E-state index in [1.807, 2.05) is 0 Å². The third-order valence-corrected chi connectivity index (χ3v) is 12.4. The van der Waals surface area contributed by atoms with E-state index in [0.29, 0.717) is 0 Å². The van der Waals surface area contributed by atoms with Crippen LogP contribution < -0.4 is 9.64 Å². The van der Waals surface area contributed by atoms with E-state index in [2.05, 4.69) is 194 Å². The second-order valence-corrected chi connectivity index (χ2v) is 16.0. The molecule has 0 bridgehead atoms. The van der Waals surface area contributed by atoms with Crippen molar-refractivity contribution in [3.8, 4) is 39.1 Å². The van der Waals surface area contributed by atoms with E-state index in [-0.39, 0.29) is 11.2 Å². The minimum absolute atomic E-state index is 0.213. The Bertz CT molecular complexity index is 2840. The van der Waals surface area contributed by atoms with Gasteiger partial charge in [-0.05, 0) is 116 Å². The lowest BCUT2D eigenvalue weighted by Crippen LogP contribution is -2.28. The molecule has 0 fully saturated rings. The van der Waals surface area contributed by atoms with Crippen molar-refractivity contribution in [2.24, 2.45) is 0 Å². The molecule has 288 valence electrons. The summed E-state index contributed by atoms with van der Waals surface area (Å²) in [6.07, 6.45) is -4.75. The molecular weight excluding hydrogens is 736 g/mol. The van der Waals surface area contributed by atoms with Gasteiger partial charge in [0.15, 0.2) is 0 Å². The number of fused-ring (bicyclic) bond motifs is 6. The average molecular weight is 776 g/mol. The van der Waals surface area contributed by atoms with Crippen LogP contribution in [0.25, 0.3) is 33.4 Å². The Kier molecular flexibility index (Phi) is 8.43. The highest BCUT2D eigenvalue weighted by Crippen LogP contribution is 2.60. The van der Waals surface area contributed by atoms with Gasteiger partial charge in [0.1, 0.15) is 5.75 Å². The summed E-state index contributed by atoms with van der Waals surface area (Å²) >= 11 is 0. The van der Waals surface area contributed by atoms with E-state index in [4.69, 9.17) is 0 Å². The molecule has 2 nitrogen and oxygen atoms in total. The van der Waals surface area contributed by atoms with E-state index in [9.17, 15) is 13.2 Å². The third-order valence-electron chi connectivity index (χ3n) is 12.4. The van der Waals surface area contributed by atoms with E-state index < -0.39 is 11.8 Å². The minimum atomic E-state index is -4.75. The number of anilines is 3. The molecule has 0 unspecified atom stereocenters. The fourth-order valence-electron chi connectivity index (χ4n) is 9.83. The summed E-state index contributed by atoms with van der Waals surface area (Å²) in [4.78, 5) is 2.40. The van der Waals surface area contributed by atoms with Crippen LogP contribution >= 0.6 is 0 Å². The second kappa shape index (κ2) is 13.6. The van der Waals surface area contributed by atoms with Crippen molar-refractivity contribution in [3.63, 3.8) is 0 Å². The largest absolute Gasteiger partial charge is 0.573 e. The highest BCUT2D eigenvalue weighted by molar-refractivity contribution is 5.98. The zero-order valence-corrected chi connectivity index (χ0v) is 32.9. The Morgan fingerprint density at radius 1 is 0.475 bits per heavy atom. The van der Waals surface area contributed by atoms with Gasteiger partial charge in [0, 0.05) is 22.4 Å². The first-order valence-corrected chi connectivity index (χ1v) is 19.9. The monoisotopic (exact) mass is 775 g/mol. The van der Waals surface area contributed by atoms with Crippen molar-refractivity contribution in [1.82, 2.24) is 0 Å². The second-order valence-electron chi connectivity index (χ2n) is 16.0. The van der Waals surface area contributed by atoms with Crippen LogP contribution in [0.5, 0.6) is 5.75 Å². The first-order valence-electron chi connectivity index (χ1n) is 19.9. The maximum atomic E-state index is 13.0. The third kappa shape index (κ3) is 5.78. The van der Waals surface area contributed by atoms with E-state index in [0.717, 1.165) is 33.8 Å². The molecule has 2 aliphatic rings. The summed E-state index contributed by atoms with van der Waals surface area (Å²) in [5.41, 5.74) is 17.3. The number of hydrogen-bond acceptors (Lipinski definition) is 2. The summed E-state index contributed by atoms with van der Waals surface area (Å²) in [6.45, 7) is 6.72. The van der Waals surface area contributed by atoms with Gasteiger partial charge in [-0.25, -0.2) is 0 Å². The molecule has 10 rings (SSSR count). The number of benzene rings is 8. The Balaban J connectivity index is 1.21. The number of rotatable bonds is 7. The molecule has 5 heteroatoms. The molecular formula is C54H40F3NO. The van der Waals surface area contributed by atoms with Crippen molar-refractivity contribution < 1.29 is 17.9 Å². The van der Waals surface area contributed by atoms with Crippen molar-refractivity contribution in [3.05, 3.63) is 227 Å². The molecule has 0 aliphatic heterocycles. The van der Waals surface area contributed by atoms with Crippen molar-refractivity contribution in [2.45, 2.75) is 38.0 Å². The molecule has 0 radical (unpaired) electrons. The first kappa shape index (κ1) is 36.5. The van der Waals surface area contributed by atoms with Gasteiger partial charge in [-0.2, -0.15) is 0 Å². The number of nitrogens with zero attached hydrogens (tertiary/aromatic N) is 1. The van der Waals surface area contributed by atoms with Gasteiger partial charge in [0.05, 0.1) is 11.1 Å². The summed E-state index contributed by atoms with van der Waals surface area (Å²) in [5, 5.41) is 0. The lowest BCUT2D eigenvalue weighted by molar-refractivity contribution is -0.274. The van der Waals surface area contributed by atoms with Crippen LogP contribution in [0.15, 0.2) is 188 Å². The van der Waals surface area contributed by atoms with Crippen LogP contribution in [-0.2, 0) is 10.8 Å². The molecule has 0 aromatic heterocycles. The number of aryl methyl sites for hydroxylation is 1. The molecule has 8 aromatic rings. The molecule has 0 saturated heterocycles. The zero-order valence-electron chi connectivity index (χ0n) is 32.9. The van der Waals surface area contributed by atoms with Crippen LogP contribution in [-0.4, -0.2) is 6.36 Å². The quantitative estimate of drug-likeness (QED) is 0.160. The fraction of sp³-hybridized carbons (Fsp3) is 0.111. The smallest absolute Gasteiger partial charge is 0.406 e. The lowest BCUT2D eigenvalue weighted by atomic mass is 9.68. The molecule has 0 amide bonds. The number of hydrogen-bond donors (Lipinski definition) is 0. The maximum Gasteiger partial charge on any atom is 0.573 e. The average Bonchev–Trinajstić information content (AvgIpc) is 3.68. The van der Waals surface area contributed by atoms with Crippen molar-refractivity contribution >= 4 is 17.1 Å². The van der Waals surface area contributed by atoms with E-state index in [1.165, 1.54) is 67.8 Å². The minimum Gasteiger partial charge on any atom is -0.406 e. The Hall–Kier alpha value is -6.85. The molecule has 0 heterocycles. The Morgan fingerprint density at radius 2 is 1.05 bits per heavy atom. The Morgan fingerprint density at radius 3 is 1.71 bits per heavy atom. The summed E-state index contributed by atoms with van der Waals surface area (Å²) in [6, 6.07) is 65.1. The number of alkyl halides is 3. The first-order chi connectivity index (χ1) is 28.6. The highest BCUT2D eigenvalue weighted by Gasteiger charge is 2.47. The van der Waals surface area contributed by atoms with Gasteiger partial charge < -0.3 is 9.64 Å². The molecule has 8 aromatic carbocycles. The standard InChI is InChI=1S/C54H40F3NO/c1-35-33-37(36-25-29-41(30-26-36)59-54(55,56)57)27-32-49(35)58(40-28-31-43-42-19-10-12-21-45(42)52(2,3)48(43)34-40)50-24-14-23-47-51(50)44-20-11-13-22-46(44)53(47,38-15-6-4-7-16-38)39-17-8-5-9-18-39/h4-34H,1-3H3. The van der Waals surface area contributed by atoms with E-state index in [1.54, 1.807) is 12.1 Å². The fourth-order valence-corrected chi connectivity index (χ4v) is 9.83. The normalized spacial score (nSPS) is 14.2. The topological polar surface area (TPSA) is 12.5 Å². The van der Waals surface area contributed by atoms with Gasteiger partial charge in [-0.15, -0.1) is 13.2 Å².